The van der Waals surface area contributed by atoms with Gasteiger partial charge in [0.05, 0.1) is 4.90 Å². The number of sulfonamides is 1. The number of hydrogen-bond donors (Lipinski definition) is 1. The van der Waals surface area contributed by atoms with Gasteiger partial charge in [-0.15, -0.1) is 0 Å². The van der Waals surface area contributed by atoms with Gasteiger partial charge >= 0.3 is 5.97 Å². The summed E-state index contributed by atoms with van der Waals surface area (Å²) in [6.07, 6.45) is 0. The van der Waals surface area contributed by atoms with Gasteiger partial charge in [-0.1, -0.05) is 31.5 Å². The van der Waals surface area contributed by atoms with E-state index in [-0.39, 0.29) is 16.9 Å². The molecule has 0 unspecified atom stereocenters. The molecule has 0 aromatic heterocycles. The lowest BCUT2D eigenvalue weighted by Crippen LogP contribution is -2.40. The number of amides is 1. The van der Waals surface area contributed by atoms with Gasteiger partial charge in [0.2, 0.25) is 10.0 Å². The maximum Gasteiger partial charge on any atom is 0.321 e. The number of benzene rings is 1. The van der Waals surface area contributed by atoms with E-state index in [4.69, 9.17) is 4.74 Å². The van der Waals surface area contributed by atoms with E-state index in [0.717, 1.165) is 9.87 Å². The molecule has 8 heteroatoms. The SMILES string of the molecule is Cc1ccc(S(=O)(=O)N(C)CC(=O)OCC(=O)N[C@@H](C)C(C)C)cc1. The molecule has 0 saturated heterocycles. The van der Waals surface area contributed by atoms with Crippen molar-refractivity contribution in [3.63, 3.8) is 0 Å². The number of nitrogens with zero attached hydrogens (tertiary/aromatic N) is 1. The quantitative estimate of drug-likeness (QED) is 0.697. The van der Waals surface area contributed by atoms with Gasteiger partial charge in [-0.3, -0.25) is 9.59 Å². The van der Waals surface area contributed by atoms with E-state index in [2.05, 4.69) is 5.32 Å². The number of carbonyl (C=O) groups is 2. The van der Waals surface area contributed by atoms with E-state index in [1.165, 1.54) is 19.2 Å². The molecule has 1 rings (SSSR count). The van der Waals surface area contributed by atoms with Crippen LogP contribution in [0.15, 0.2) is 29.2 Å². The van der Waals surface area contributed by atoms with Crippen molar-refractivity contribution in [3.05, 3.63) is 29.8 Å². The van der Waals surface area contributed by atoms with Gasteiger partial charge in [-0.05, 0) is 31.9 Å². The summed E-state index contributed by atoms with van der Waals surface area (Å²) in [5.41, 5.74) is 0.933. The molecule has 0 bridgehead atoms. The van der Waals surface area contributed by atoms with Crippen LogP contribution in [-0.4, -0.2) is 50.8 Å². The van der Waals surface area contributed by atoms with Crippen molar-refractivity contribution >= 4 is 21.9 Å². The highest BCUT2D eigenvalue weighted by atomic mass is 32.2. The Labute approximate surface area is 149 Å². The number of likely N-dealkylation sites (N-methyl/N-ethyl adjacent to an activating group) is 1. The zero-order chi connectivity index (χ0) is 19.2. The van der Waals surface area contributed by atoms with Crippen LogP contribution in [0.3, 0.4) is 0 Å². The van der Waals surface area contributed by atoms with Gasteiger partial charge in [0.1, 0.15) is 6.54 Å². The second-order valence-corrected chi connectivity index (χ2v) is 8.38. The molecule has 1 aromatic carbocycles. The molecule has 0 aliphatic rings. The topological polar surface area (TPSA) is 92.8 Å². The molecule has 0 spiro atoms. The van der Waals surface area contributed by atoms with E-state index in [0.29, 0.717) is 0 Å². The third kappa shape index (κ3) is 6.47. The Kier molecular flexibility index (Phi) is 7.57. The largest absolute Gasteiger partial charge is 0.455 e. The van der Waals surface area contributed by atoms with Crippen LogP contribution in [0.25, 0.3) is 0 Å². The Balaban J connectivity index is 2.56. The van der Waals surface area contributed by atoms with E-state index >= 15 is 0 Å². The lowest BCUT2D eigenvalue weighted by atomic mass is 10.1. The second kappa shape index (κ2) is 8.96. The third-order valence-corrected chi connectivity index (χ3v) is 5.65. The van der Waals surface area contributed by atoms with Gasteiger partial charge < -0.3 is 10.1 Å². The van der Waals surface area contributed by atoms with Crippen molar-refractivity contribution in [2.24, 2.45) is 5.92 Å². The molecule has 0 aliphatic carbocycles. The lowest BCUT2D eigenvalue weighted by molar-refractivity contribution is -0.148. The van der Waals surface area contributed by atoms with Crippen molar-refractivity contribution in [2.75, 3.05) is 20.2 Å². The molecule has 1 N–H and O–H groups in total. The first kappa shape index (κ1) is 21.1. The first-order valence-corrected chi connectivity index (χ1v) is 9.46. The van der Waals surface area contributed by atoms with Crippen LogP contribution >= 0.6 is 0 Å². The molecule has 0 fully saturated rings. The fourth-order valence-corrected chi connectivity index (χ4v) is 2.93. The first-order valence-electron chi connectivity index (χ1n) is 8.02. The second-order valence-electron chi connectivity index (χ2n) is 6.34. The van der Waals surface area contributed by atoms with Crippen LogP contribution in [0, 0.1) is 12.8 Å². The number of ether oxygens (including phenoxy) is 1. The maximum absolute atomic E-state index is 12.4. The van der Waals surface area contributed by atoms with Crippen LogP contribution in [-0.2, 0) is 24.3 Å². The highest BCUT2D eigenvalue weighted by molar-refractivity contribution is 7.89. The Morgan fingerprint density at radius 1 is 1.16 bits per heavy atom. The maximum atomic E-state index is 12.4. The van der Waals surface area contributed by atoms with E-state index in [1.807, 2.05) is 27.7 Å². The van der Waals surface area contributed by atoms with Crippen LogP contribution < -0.4 is 5.32 Å². The molecule has 7 nitrogen and oxygen atoms in total. The molecular formula is C17H26N2O5S. The molecule has 25 heavy (non-hydrogen) atoms. The predicted octanol–water partition coefficient (Wildman–Crippen LogP) is 1.32. The minimum Gasteiger partial charge on any atom is -0.455 e. The highest BCUT2D eigenvalue weighted by Gasteiger charge is 2.24. The number of esters is 1. The zero-order valence-corrected chi connectivity index (χ0v) is 16.1. The van der Waals surface area contributed by atoms with Gasteiger partial charge in [-0.2, -0.15) is 4.31 Å². The Hall–Kier alpha value is -1.93. The smallest absolute Gasteiger partial charge is 0.321 e. The molecule has 1 aromatic rings. The monoisotopic (exact) mass is 370 g/mol. The fraction of sp³-hybridized carbons (Fsp3) is 0.529. The van der Waals surface area contributed by atoms with Crippen molar-refractivity contribution in [1.29, 1.82) is 0 Å². The normalized spacial score (nSPS) is 12.9. The van der Waals surface area contributed by atoms with Gasteiger partial charge in [0.25, 0.3) is 5.91 Å². The number of carbonyl (C=O) groups excluding carboxylic acids is 2. The van der Waals surface area contributed by atoms with Gasteiger partial charge in [0.15, 0.2) is 6.61 Å². The molecule has 140 valence electrons. The van der Waals surface area contributed by atoms with E-state index in [1.54, 1.807) is 12.1 Å². The number of aryl methyl sites for hydroxylation is 1. The number of hydrogen-bond acceptors (Lipinski definition) is 5. The summed E-state index contributed by atoms with van der Waals surface area (Å²) in [5, 5.41) is 2.70. The average molecular weight is 370 g/mol. The Morgan fingerprint density at radius 3 is 2.24 bits per heavy atom. The van der Waals surface area contributed by atoms with E-state index < -0.39 is 35.1 Å². The number of nitrogens with one attached hydrogen (secondary N) is 1. The molecule has 0 saturated carbocycles. The molecule has 1 amide bonds. The van der Waals surface area contributed by atoms with Crippen LogP contribution in [0.1, 0.15) is 26.3 Å². The molecule has 1 atom stereocenters. The standard InChI is InChI=1S/C17H26N2O5S/c1-12(2)14(4)18-16(20)11-24-17(21)10-19(5)25(22,23)15-8-6-13(3)7-9-15/h6-9,12,14H,10-11H2,1-5H3,(H,18,20)/t14-/m0/s1. The summed E-state index contributed by atoms with van der Waals surface area (Å²) in [7, 11) is -2.50. The summed E-state index contributed by atoms with van der Waals surface area (Å²) in [6.45, 7) is 6.72. The summed E-state index contributed by atoms with van der Waals surface area (Å²) in [6, 6.07) is 6.27. The first-order chi connectivity index (χ1) is 11.5. The zero-order valence-electron chi connectivity index (χ0n) is 15.3. The number of rotatable bonds is 8. The van der Waals surface area contributed by atoms with Crippen molar-refractivity contribution in [1.82, 2.24) is 9.62 Å². The molecule has 0 heterocycles. The van der Waals surface area contributed by atoms with Crippen LogP contribution in [0.2, 0.25) is 0 Å². The van der Waals surface area contributed by atoms with Gasteiger partial charge in [-0.25, -0.2) is 8.42 Å². The van der Waals surface area contributed by atoms with Crippen LogP contribution in [0.5, 0.6) is 0 Å². The van der Waals surface area contributed by atoms with Crippen molar-refractivity contribution in [3.8, 4) is 0 Å². The van der Waals surface area contributed by atoms with Crippen molar-refractivity contribution in [2.45, 2.75) is 38.6 Å². The molecule has 0 radical (unpaired) electrons. The summed E-state index contributed by atoms with van der Waals surface area (Å²) >= 11 is 0. The predicted molar refractivity (Wildman–Crippen MR) is 94.4 cm³/mol. The Morgan fingerprint density at radius 2 is 1.72 bits per heavy atom. The third-order valence-electron chi connectivity index (χ3n) is 3.83. The highest BCUT2D eigenvalue weighted by Crippen LogP contribution is 2.14. The summed E-state index contributed by atoms with van der Waals surface area (Å²) < 4.78 is 30.5. The van der Waals surface area contributed by atoms with Gasteiger partial charge in [0, 0.05) is 13.1 Å². The molecule has 0 aliphatic heterocycles. The summed E-state index contributed by atoms with van der Waals surface area (Å²) in [5.74, 6) is -0.949. The van der Waals surface area contributed by atoms with Crippen LogP contribution in [0.4, 0.5) is 0 Å². The summed E-state index contributed by atoms with van der Waals surface area (Å²) in [4.78, 5) is 23.6. The lowest BCUT2D eigenvalue weighted by Gasteiger charge is -2.18. The fourth-order valence-electron chi connectivity index (χ4n) is 1.81. The minimum absolute atomic E-state index is 0.0456. The average Bonchev–Trinajstić information content (AvgIpc) is 2.53. The van der Waals surface area contributed by atoms with Crippen molar-refractivity contribution < 1.29 is 22.7 Å². The minimum atomic E-state index is -3.79. The molecular weight excluding hydrogens is 344 g/mol. The Bertz CT molecular complexity index is 698. The van der Waals surface area contributed by atoms with E-state index in [9.17, 15) is 18.0 Å².